The van der Waals surface area contributed by atoms with Gasteiger partial charge in [0.2, 0.25) is 0 Å². The zero-order valence-corrected chi connectivity index (χ0v) is 9.16. The summed E-state index contributed by atoms with van der Waals surface area (Å²) < 4.78 is 7.06. The van der Waals surface area contributed by atoms with Crippen LogP contribution in [0.1, 0.15) is 25.5 Å². The molecule has 0 amide bonds. The van der Waals surface area contributed by atoms with Crippen molar-refractivity contribution in [3.05, 3.63) is 18.0 Å². The monoisotopic (exact) mass is 197 g/mol. The summed E-state index contributed by atoms with van der Waals surface area (Å²) in [4.78, 5) is 0. The van der Waals surface area contributed by atoms with Crippen molar-refractivity contribution in [3.63, 3.8) is 0 Å². The molecule has 4 nitrogen and oxygen atoms in total. The first kappa shape index (κ1) is 11.2. The summed E-state index contributed by atoms with van der Waals surface area (Å²) >= 11 is 0. The number of nitrogens with zero attached hydrogens (tertiary/aromatic N) is 2. The smallest absolute Gasteiger partial charge is 0.0590 e. The second-order valence-electron chi connectivity index (χ2n) is 3.32. The predicted octanol–water partition coefficient (Wildman–Crippen LogP) is 1.11. The third kappa shape index (κ3) is 3.47. The molecule has 0 aliphatic rings. The van der Waals surface area contributed by atoms with E-state index in [1.165, 1.54) is 5.56 Å². The predicted molar refractivity (Wildman–Crippen MR) is 56.1 cm³/mol. The standard InChI is InChI=1S/C10H19N3O/c1-4-14-6-5-11-9(2)10-7-12-13(3)8-10/h7-9,11H,4-6H2,1-3H3/t9-/m1/s1. The lowest BCUT2D eigenvalue weighted by Gasteiger charge is -2.11. The number of aromatic nitrogens is 2. The second-order valence-corrected chi connectivity index (χ2v) is 3.32. The van der Waals surface area contributed by atoms with Gasteiger partial charge in [-0.2, -0.15) is 5.10 Å². The van der Waals surface area contributed by atoms with Crippen molar-refractivity contribution >= 4 is 0 Å². The van der Waals surface area contributed by atoms with Crippen LogP contribution in [-0.2, 0) is 11.8 Å². The molecule has 1 aromatic heterocycles. The van der Waals surface area contributed by atoms with E-state index in [1.807, 2.05) is 31.0 Å². The van der Waals surface area contributed by atoms with Crippen LogP contribution in [0.3, 0.4) is 0 Å². The van der Waals surface area contributed by atoms with Crippen LogP contribution in [0, 0.1) is 0 Å². The highest BCUT2D eigenvalue weighted by atomic mass is 16.5. The molecule has 0 saturated heterocycles. The largest absolute Gasteiger partial charge is 0.380 e. The van der Waals surface area contributed by atoms with E-state index in [9.17, 15) is 0 Å². The van der Waals surface area contributed by atoms with Gasteiger partial charge < -0.3 is 10.1 Å². The summed E-state index contributed by atoms with van der Waals surface area (Å²) in [5, 5.41) is 7.50. The van der Waals surface area contributed by atoms with E-state index in [1.54, 1.807) is 0 Å². The van der Waals surface area contributed by atoms with E-state index in [4.69, 9.17) is 4.74 Å². The maximum absolute atomic E-state index is 5.24. The molecule has 1 N–H and O–H groups in total. The van der Waals surface area contributed by atoms with Gasteiger partial charge in [-0.25, -0.2) is 0 Å². The molecule has 0 saturated carbocycles. The quantitative estimate of drug-likeness (QED) is 0.694. The molecule has 1 rings (SSSR count). The van der Waals surface area contributed by atoms with Crippen LogP contribution >= 0.6 is 0 Å². The zero-order valence-electron chi connectivity index (χ0n) is 9.16. The maximum Gasteiger partial charge on any atom is 0.0590 e. The van der Waals surface area contributed by atoms with Crippen molar-refractivity contribution in [1.29, 1.82) is 0 Å². The summed E-state index contributed by atoms with van der Waals surface area (Å²) in [6, 6.07) is 0.337. The normalized spacial score (nSPS) is 13.1. The molecule has 0 aliphatic carbocycles. The first-order valence-corrected chi connectivity index (χ1v) is 5.03. The highest BCUT2D eigenvalue weighted by Gasteiger charge is 2.05. The lowest BCUT2D eigenvalue weighted by atomic mass is 10.2. The highest BCUT2D eigenvalue weighted by Crippen LogP contribution is 2.09. The Balaban J connectivity index is 2.25. The van der Waals surface area contributed by atoms with E-state index < -0.39 is 0 Å². The van der Waals surface area contributed by atoms with E-state index in [0.717, 1.165) is 19.8 Å². The Kier molecular flexibility index (Phi) is 4.62. The van der Waals surface area contributed by atoms with Crippen LogP contribution < -0.4 is 5.32 Å². The Hall–Kier alpha value is -0.870. The SMILES string of the molecule is CCOCCN[C@H](C)c1cnn(C)c1. The molecule has 1 atom stereocenters. The van der Waals surface area contributed by atoms with Crippen LogP contribution in [0.25, 0.3) is 0 Å². The molecule has 4 heteroatoms. The van der Waals surface area contributed by atoms with Gasteiger partial charge in [0.25, 0.3) is 0 Å². The molecule has 14 heavy (non-hydrogen) atoms. The number of rotatable bonds is 6. The van der Waals surface area contributed by atoms with E-state index in [-0.39, 0.29) is 0 Å². The molecule has 0 unspecified atom stereocenters. The van der Waals surface area contributed by atoms with Crippen LogP contribution in [0.5, 0.6) is 0 Å². The Morgan fingerprint density at radius 3 is 3.00 bits per heavy atom. The molecular weight excluding hydrogens is 178 g/mol. The number of hydrogen-bond acceptors (Lipinski definition) is 3. The van der Waals surface area contributed by atoms with Crippen LogP contribution in [0.4, 0.5) is 0 Å². The third-order valence-corrected chi connectivity index (χ3v) is 2.13. The average Bonchev–Trinajstić information content (AvgIpc) is 2.59. The zero-order chi connectivity index (χ0) is 10.4. The van der Waals surface area contributed by atoms with Crippen LogP contribution in [0.15, 0.2) is 12.4 Å². The number of hydrogen-bond donors (Lipinski definition) is 1. The fraction of sp³-hybridized carbons (Fsp3) is 0.700. The molecule has 0 aliphatic heterocycles. The lowest BCUT2D eigenvalue weighted by Crippen LogP contribution is -2.23. The molecule has 0 spiro atoms. The van der Waals surface area contributed by atoms with Crippen LogP contribution in [0.2, 0.25) is 0 Å². The lowest BCUT2D eigenvalue weighted by molar-refractivity contribution is 0.147. The minimum atomic E-state index is 0.337. The third-order valence-electron chi connectivity index (χ3n) is 2.13. The van der Waals surface area contributed by atoms with Gasteiger partial charge in [-0.1, -0.05) is 0 Å². The summed E-state index contributed by atoms with van der Waals surface area (Å²) in [6.07, 6.45) is 3.91. The summed E-state index contributed by atoms with van der Waals surface area (Å²) in [5.41, 5.74) is 1.21. The summed E-state index contributed by atoms with van der Waals surface area (Å²) in [5.74, 6) is 0. The van der Waals surface area contributed by atoms with Gasteiger partial charge in [-0.05, 0) is 13.8 Å². The van der Waals surface area contributed by atoms with Gasteiger partial charge in [-0.15, -0.1) is 0 Å². The minimum absolute atomic E-state index is 0.337. The number of ether oxygens (including phenoxy) is 1. The molecule has 1 heterocycles. The second kappa shape index (κ2) is 5.78. The number of nitrogens with one attached hydrogen (secondary N) is 1. The van der Waals surface area contributed by atoms with Gasteiger partial charge >= 0.3 is 0 Å². The fourth-order valence-electron chi connectivity index (χ4n) is 1.27. The number of aryl methyl sites for hydroxylation is 1. The van der Waals surface area contributed by atoms with Gasteiger partial charge in [0.15, 0.2) is 0 Å². The van der Waals surface area contributed by atoms with Crippen molar-refractivity contribution in [2.45, 2.75) is 19.9 Å². The average molecular weight is 197 g/mol. The van der Waals surface area contributed by atoms with Crippen molar-refractivity contribution in [2.24, 2.45) is 7.05 Å². The molecule has 0 fully saturated rings. The van der Waals surface area contributed by atoms with Gasteiger partial charge in [0, 0.05) is 38.0 Å². The van der Waals surface area contributed by atoms with E-state index in [2.05, 4.69) is 17.3 Å². The van der Waals surface area contributed by atoms with Crippen LogP contribution in [-0.4, -0.2) is 29.5 Å². The first-order valence-electron chi connectivity index (χ1n) is 5.03. The molecule has 0 aromatic carbocycles. The Morgan fingerprint density at radius 2 is 2.43 bits per heavy atom. The first-order chi connectivity index (χ1) is 6.74. The Morgan fingerprint density at radius 1 is 1.64 bits per heavy atom. The fourth-order valence-corrected chi connectivity index (χ4v) is 1.27. The Bertz CT molecular complexity index is 260. The maximum atomic E-state index is 5.24. The topological polar surface area (TPSA) is 39.1 Å². The van der Waals surface area contributed by atoms with Gasteiger partial charge in [-0.3, -0.25) is 4.68 Å². The van der Waals surface area contributed by atoms with E-state index in [0.29, 0.717) is 6.04 Å². The van der Waals surface area contributed by atoms with Gasteiger partial charge in [0.05, 0.1) is 12.8 Å². The van der Waals surface area contributed by atoms with Gasteiger partial charge in [0.1, 0.15) is 0 Å². The summed E-state index contributed by atoms with van der Waals surface area (Å²) in [6.45, 7) is 6.56. The summed E-state index contributed by atoms with van der Waals surface area (Å²) in [7, 11) is 1.93. The molecule has 0 bridgehead atoms. The van der Waals surface area contributed by atoms with E-state index >= 15 is 0 Å². The molecular formula is C10H19N3O. The highest BCUT2D eigenvalue weighted by molar-refractivity contribution is 5.08. The van der Waals surface area contributed by atoms with Crippen molar-refractivity contribution in [3.8, 4) is 0 Å². The molecule has 1 aromatic rings. The Labute approximate surface area is 85.3 Å². The van der Waals surface area contributed by atoms with Crippen molar-refractivity contribution in [1.82, 2.24) is 15.1 Å². The molecule has 0 radical (unpaired) electrons. The molecule has 80 valence electrons. The van der Waals surface area contributed by atoms with Crippen molar-refractivity contribution < 1.29 is 4.74 Å². The minimum Gasteiger partial charge on any atom is -0.380 e. The van der Waals surface area contributed by atoms with Crippen molar-refractivity contribution in [2.75, 3.05) is 19.8 Å².